The molecule has 1 fully saturated rings. The zero-order chi connectivity index (χ0) is 17.9. The van der Waals surface area contributed by atoms with Crippen LogP contribution in [0.5, 0.6) is 0 Å². The fourth-order valence-corrected chi connectivity index (χ4v) is 3.40. The minimum Gasteiger partial charge on any atom is -0.438 e. The lowest BCUT2D eigenvalue weighted by molar-refractivity contribution is 0.0918. The molecule has 1 saturated heterocycles. The monoisotopic (exact) mass is 363 g/mol. The molecule has 25 heavy (non-hydrogen) atoms. The molecule has 3 rings (SSSR count). The van der Waals surface area contributed by atoms with Crippen LogP contribution in [0.1, 0.15) is 29.0 Å². The Hall–Kier alpha value is -2.32. The lowest BCUT2D eigenvalue weighted by Crippen LogP contribution is -2.22. The maximum Gasteiger partial charge on any atom is 0.287 e. The number of nitrogens with zero attached hydrogens (tertiary/aromatic N) is 1. The van der Waals surface area contributed by atoms with E-state index in [1.807, 2.05) is 12.1 Å². The van der Waals surface area contributed by atoms with Crippen LogP contribution in [0.4, 0.5) is 5.69 Å². The Labute approximate surface area is 147 Å². The van der Waals surface area contributed by atoms with Gasteiger partial charge in [0.05, 0.1) is 0 Å². The smallest absolute Gasteiger partial charge is 0.287 e. The first-order valence-corrected chi connectivity index (χ1v) is 9.63. The Morgan fingerprint density at radius 1 is 1.12 bits per heavy atom. The van der Waals surface area contributed by atoms with E-state index in [-0.39, 0.29) is 10.9 Å². The Morgan fingerprint density at radius 2 is 1.80 bits per heavy atom. The molecule has 0 atom stereocenters. The third kappa shape index (κ3) is 4.02. The Bertz CT molecular complexity index is 837. The summed E-state index contributed by atoms with van der Waals surface area (Å²) in [5.74, 6) is -0.497. The van der Waals surface area contributed by atoms with Gasteiger partial charge in [0.15, 0.2) is 5.76 Å². The highest BCUT2D eigenvalue weighted by atomic mass is 32.2. The van der Waals surface area contributed by atoms with E-state index in [1.54, 1.807) is 0 Å². The van der Waals surface area contributed by atoms with Gasteiger partial charge in [0.25, 0.3) is 15.9 Å². The second-order valence-corrected chi connectivity index (χ2v) is 7.69. The number of furan rings is 1. The minimum absolute atomic E-state index is 0.0393. The number of carbonyl (C=O) groups excluding carboxylic acids is 1. The number of nitrogens with one attached hydrogen (secondary N) is 2. The largest absolute Gasteiger partial charge is 0.438 e. The molecule has 2 aromatic rings. The summed E-state index contributed by atoms with van der Waals surface area (Å²) in [5, 5.41) is 2.44. The highest BCUT2D eigenvalue weighted by Gasteiger charge is 2.19. The van der Waals surface area contributed by atoms with Crippen LogP contribution < -0.4 is 14.9 Å². The van der Waals surface area contributed by atoms with Crippen molar-refractivity contribution in [3.63, 3.8) is 0 Å². The van der Waals surface area contributed by atoms with E-state index < -0.39 is 15.9 Å². The van der Waals surface area contributed by atoms with Crippen molar-refractivity contribution in [2.75, 3.05) is 25.0 Å². The van der Waals surface area contributed by atoms with E-state index in [1.165, 1.54) is 37.7 Å². The summed E-state index contributed by atoms with van der Waals surface area (Å²) in [7, 11) is -2.41. The molecular formula is C17H21N3O4S. The van der Waals surface area contributed by atoms with Crippen LogP contribution in [0.2, 0.25) is 0 Å². The summed E-state index contributed by atoms with van der Waals surface area (Å²) < 4.78 is 30.5. The van der Waals surface area contributed by atoms with E-state index in [0.29, 0.717) is 6.54 Å². The van der Waals surface area contributed by atoms with Gasteiger partial charge in [-0.1, -0.05) is 12.1 Å². The molecule has 1 aromatic heterocycles. The number of sulfonamides is 1. The molecule has 0 aliphatic carbocycles. The van der Waals surface area contributed by atoms with Crippen LogP contribution in [0.15, 0.2) is 45.9 Å². The highest BCUT2D eigenvalue weighted by Crippen LogP contribution is 2.20. The molecule has 1 aliphatic rings. The standard InChI is InChI=1S/C17H21N3O4S/c1-18-25(22,23)16-9-8-15(24-16)17(21)19-12-13-4-6-14(7-5-13)20-10-2-3-11-20/h4-9,18H,2-3,10-12H2,1H3,(H,19,21). The number of carbonyl (C=O) groups is 1. The van der Waals surface area contributed by atoms with Gasteiger partial charge in [-0.2, -0.15) is 0 Å². The zero-order valence-corrected chi connectivity index (χ0v) is 14.8. The van der Waals surface area contributed by atoms with Gasteiger partial charge in [0.1, 0.15) is 0 Å². The van der Waals surface area contributed by atoms with Crippen molar-refractivity contribution in [3.05, 3.63) is 47.7 Å². The number of amides is 1. The van der Waals surface area contributed by atoms with E-state index in [0.717, 1.165) is 18.7 Å². The van der Waals surface area contributed by atoms with Crippen LogP contribution in [0.3, 0.4) is 0 Å². The minimum atomic E-state index is -3.69. The first-order chi connectivity index (χ1) is 12.0. The summed E-state index contributed by atoms with van der Waals surface area (Å²) >= 11 is 0. The molecule has 0 radical (unpaired) electrons. The zero-order valence-electron chi connectivity index (χ0n) is 14.0. The average molecular weight is 363 g/mol. The highest BCUT2D eigenvalue weighted by molar-refractivity contribution is 7.89. The van der Waals surface area contributed by atoms with Crippen molar-refractivity contribution < 1.29 is 17.6 Å². The van der Waals surface area contributed by atoms with Crippen molar-refractivity contribution >= 4 is 21.6 Å². The van der Waals surface area contributed by atoms with Crippen molar-refractivity contribution in [1.82, 2.24) is 10.0 Å². The Morgan fingerprint density at radius 3 is 2.44 bits per heavy atom. The fraction of sp³-hybridized carbons (Fsp3) is 0.353. The van der Waals surface area contributed by atoms with Gasteiger partial charge < -0.3 is 14.6 Å². The molecule has 0 spiro atoms. The molecule has 7 nitrogen and oxygen atoms in total. The lowest BCUT2D eigenvalue weighted by atomic mass is 10.2. The number of rotatable bonds is 6. The number of hydrogen-bond acceptors (Lipinski definition) is 5. The summed E-state index contributed by atoms with van der Waals surface area (Å²) in [5.41, 5.74) is 2.16. The van der Waals surface area contributed by atoms with Gasteiger partial charge >= 0.3 is 0 Å². The first kappa shape index (κ1) is 17.5. The lowest BCUT2D eigenvalue weighted by Gasteiger charge is -2.17. The van der Waals surface area contributed by atoms with Gasteiger partial charge in [-0.3, -0.25) is 4.79 Å². The number of hydrogen-bond donors (Lipinski definition) is 2. The Balaban J connectivity index is 1.59. The second-order valence-electron chi connectivity index (χ2n) is 5.87. The molecule has 2 N–H and O–H groups in total. The van der Waals surface area contributed by atoms with Crippen LogP contribution in [0, 0.1) is 0 Å². The molecule has 2 heterocycles. The summed E-state index contributed by atoms with van der Waals surface area (Å²) in [4.78, 5) is 14.4. The summed E-state index contributed by atoms with van der Waals surface area (Å²) in [6, 6.07) is 10.7. The first-order valence-electron chi connectivity index (χ1n) is 8.15. The summed E-state index contributed by atoms with van der Waals surface area (Å²) in [6.07, 6.45) is 2.46. The van der Waals surface area contributed by atoms with E-state index in [9.17, 15) is 13.2 Å². The normalized spacial score (nSPS) is 14.7. The molecule has 0 bridgehead atoms. The van der Waals surface area contributed by atoms with Crippen LogP contribution in [0.25, 0.3) is 0 Å². The van der Waals surface area contributed by atoms with Crippen molar-refractivity contribution in [2.24, 2.45) is 0 Å². The average Bonchev–Trinajstić information content (AvgIpc) is 3.32. The third-order valence-corrected chi connectivity index (χ3v) is 5.49. The van der Waals surface area contributed by atoms with Crippen molar-refractivity contribution in [2.45, 2.75) is 24.5 Å². The molecule has 1 amide bonds. The molecule has 0 saturated carbocycles. The van der Waals surface area contributed by atoms with Gasteiger partial charge in [-0.25, -0.2) is 13.1 Å². The molecular weight excluding hydrogens is 342 g/mol. The number of benzene rings is 1. The molecule has 0 unspecified atom stereocenters. The quantitative estimate of drug-likeness (QED) is 0.815. The van der Waals surface area contributed by atoms with Crippen LogP contribution in [-0.4, -0.2) is 34.5 Å². The topological polar surface area (TPSA) is 91.6 Å². The van der Waals surface area contributed by atoms with E-state index in [4.69, 9.17) is 4.42 Å². The van der Waals surface area contributed by atoms with Crippen molar-refractivity contribution in [1.29, 1.82) is 0 Å². The van der Waals surface area contributed by atoms with Crippen LogP contribution in [-0.2, 0) is 16.6 Å². The van der Waals surface area contributed by atoms with Gasteiger partial charge in [-0.15, -0.1) is 0 Å². The van der Waals surface area contributed by atoms with Gasteiger partial charge in [0.2, 0.25) is 5.09 Å². The SMILES string of the molecule is CNS(=O)(=O)c1ccc(C(=O)NCc2ccc(N3CCCC3)cc2)o1. The van der Waals surface area contributed by atoms with Crippen molar-refractivity contribution in [3.8, 4) is 0 Å². The maximum absolute atomic E-state index is 12.1. The molecule has 8 heteroatoms. The van der Waals surface area contributed by atoms with E-state index >= 15 is 0 Å². The maximum atomic E-state index is 12.1. The number of anilines is 1. The molecule has 1 aromatic carbocycles. The predicted octanol–water partition coefficient (Wildman–Crippen LogP) is 1.72. The molecule has 134 valence electrons. The second kappa shape index (κ2) is 7.28. The Kier molecular flexibility index (Phi) is 5.10. The third-order valence-electron chi connectivity index (χ3n) is 4.20. The summed E-state index contributed by atoms with van der Waals surface area (Å²) in [6.45, 7) is 2.52. The molecule has 1 aliphatic heterocycles. The predicted molar refractivity (Wildman–Crippen MR) is 94.0 cm³/mol. The van der Waals surface area contributed by atoms with E-state index in [2.05, 4.69) is 27.1 Å². The van der Waals surface area contributed by atoms with Gasteiger partial charge in [-0.05, 0) is 49.7 Å². The van der Waals surface area contributed by atoms with Gasteiger partial charge in [0, 0.05) is 25.3 Å². The fourth-order valence-electron chi connectivity index (χ4n) is 2.76. The van der Waals surface area contributed by atoms with Crippen LogP contribution >= 0.6 is 0 Å².